The zero-order valence-corrected chi connectivity index (χ0v) is 18.0. The maximum absolute atomic E-state index is 13.2. The van der Waals surface area contributed by atoms with Crippen LogP contribution in [-0.4, -0.2) is 21.6 Å². The molecule has 3 aromatic rings. The molecule has 1 atom stereocenters. The van der Waals surface area contributed by atoms with Crippen LogP contribution in [0.3, 0.4) is 0 Å². The molecule has 0 saturated carbocycles. The number of fused-ring (bicyclic) bond motifs is 2. The van der Waals surface area contributed by atoms with Gasteiger partial charge in [0.05, 0.1) is 17.0 Å². The summed E-state index contributed by atoms with van der Waals surface area (Å²) in [5, 5.41) is 8.57. The van der Waals surface area contributed by atoms with Crippen molar-refractivity contribution in [2.45, 2.75) is 46.1 Å². The van der Waals surface area contributed by atoms with Gasteiger partial charge in [0, 0.05) is 10.3 Å². The number of primary amides is 1. The summed E-state index contributed by atoms with van der Waals surface area (Å²) >= 11 is 1.41. The van der Waals surface area contributed by atoms with Gasteiger partial charge in [0.15, 0.2) is 5.69 Å². The highest BCUT2D eigenvalue weighted by Crippen LogP contribution is 2.39. The predicted molar refractivity (Wildman–Crippen MR) is 118 cm³/mol. The Labute approximate surface area is 177 Å². The Bertz CT molecular complexity index is 1230. The Morgan fingerprint density at radius 1 is 1.27 bits per heavy atom. The number of carbonyl (C=O) groups excluding carboxylic acids is 2. The van der Waals surface area contributed by atoms with Crippen molar-refractivity contribution in [1.82, 2.24) is 9.78 Å². The molecule has 1 aliphatic rings. The molecule has 0 radical (unpaired) electrons. The number of benzene rings is 1. The molecule has 7 nitrogen and oxygen atoms in total. The smallest absolute Gasteiger partial charge is 0.277 e. The van der Waals surface area contributed by atoms with E-state index in [2.05, 4.69) is 17.3 Å². The molecular formula is C22H24N4O3S. The number of nitrogens with one attached hydrogen (secondary N) is 1. The van der Waals surface area contributed by atoms with Crippen molar-refractivity contribution in [2.24, 2.45) is 11.7 Å². The van der Waals surface area contributed by atoms with Crippen molar-refractivity contribution < 1.29 is 9.59 Å². The molecule has 2 aromatic heterocycles. The van der Waals surface area contributed by atoms with Gasteiger partial charge in [-0.2, -0.15) is 5.10 Å². The monoisotopic (exact) mass is 424 g/mol. The fraction of sp³-hybridized carbons (Fsp3) is 0.364. The van der Waals surface area contributed by atoms with E-state index in [0.29, 0.717) is 27.3 Å². The number of amides is 2. The number of aromatic nitrogens is 2. The van der Waals surface area contributed by atoms with E-state index in [9.17, 15) is 14.4 Å². The Kier molecular flexibility index (Phi) is 5.19. The van der Waals surface area contributed by atoms with Crippen LogP contribution >= 0.6 is 11.3 Å². The molecule has 2 heterocycles. The fourth-order valence-electron chi connectivity index (χ4n) is 3.99. The zero-order valence-electron chi connectivity index (χ0n) is 17.2. The molecule has 3 N–H and O–H groups in total. The van der Waals surface area contributed by atoms with Gasteiger partial charge in [0.25, 0.3) is 17.4 Å². The van der Waals surface area contributed by atoms with Crippen molar-refractivity contribution >= 4 is 38.9 Å². The number of nitrogens with two attached hydrogens (primary N) is 1. The summed E-state index contributed by atoms with van der Waals surface area (Å²) in [5.41, 5.74) is 6.92. The van der Waals surface area contributed by atoms with Gasteiger partial charge in [-0.3, -0.25) is 14.4 Å². The Morgan fingerprint density at radius 2 is 1.97 bits per heavy atom. The van der Waals surface area contributed by atoms with Gasteiger partial charge in [-0.15, -0.1) is 11.3 Å². The predicted octanol–water partition coefficient (Wildman–Crippen LogP) is 3.51. The summed E-state index contributed by atoms with van der Waals surface area (Å²) in [6.45, 7) is 5.85. The number of carbonyl (C=O) groups is 2. The zero-order chi connectivity index (χ0) is 21.6. The average Bonchev–Trinajstić information content (AvgIpc) is 3.05. The molecular weight excluding hydrogens is 400 g/mol. The SMILES string of the molecule is CC1CCc2c(sc(NC(=O)c3nn(C(C)C)c(=O)c4ccccc34)c2C(N)=O)C1. The minimum atomic E-state index is -0.540. The van der Waals surface area contributed by atoms with Crippen LogP contribution in [0.25, 0.3) is 10.8 Å². The lowest BCUT2D eigenvalue weighted by Crippen LogP contribution is -2.29. The topological polar surface area (TPSA) is 107 Å². The number of rotatable bonds is 4. The molecule has 30 heavy (non-hydrogen) atoms. The minimum absolute atomic E-state index is 0.147. The first-order chi connectivity index (χ1) is 14.3. The third-order valence-electron chi connectivity index (χ3n) is 5.52. The summed E-state index contributed by atoms with van der Waals surface area (Å²) in [6.07, 6.45) is 2.64. The van der Waals surface area contributed by atoms with Gasteiger partial charge in [-0.05, 0) is 50.7 Å². The molecule has 0 saturated heterocycles. The summed E-state index contributed by atoms with van der Waals surface area (Å²) in [4.78, 5) is 39.2. The van der Waals surface area contributed by atoms with Crippen LogP contribution in [-0.2, 0) is 12.8 Å². The quantitative estimate of drug-likeness (QED) is 0.668. The largest absolute Gasteiger partial charge is 0.365 e. The van der Waals surface area contributed by atoms with Crippen LogP contribution < -0.4 is 16.6 Å². The number of anilines is 1. The number of hydrogen-bond acceptors (Lipinski definition) is 5. The second-order valence-corrected chi connectivity index (χ2v) is 9.22. The summed E-state index contributed by atoms with van der Waals surface area (Å²) in [6, 6.07) is 6.72. The molecule has 0 fully saturated rings. The first-order valence-corrected chi connectivity index (χ1v) is 10.9. The molecule has 0 spiro atoms. The van der Waals surface area contributed by atoms with Crippen LogP contribution in [0, 0.1) is 5.92 Å². The van der Waals surface area contributed by atoms with Crippen LogP contribution in [0.1, 0.15) is 64.5 Å². The van der Waals surface area contributed by atoms with E-state index in [1.165, 1.54) is 16.0 Å². The average molecular weight is 425 g/mol. The van der Waals surface area contributed by atoms with Gasteiger partial charge in [-0.1, -0.05) is 25.1 Å². The molecule has 0 aliphatic heterocycles. The third-order valence-corrected chi connectivity index (χ3v) is 6.69. The maximum Gasteiger partial charge on any atom is 0.277 e. The third kappa shape index (κ3) is 3.41. The molecule has 1 aromatic carbocycles. The lowest BCUT2D eigenvalue weighted by molar-refractivity contribution is 0.1000. The second-order valence-electron chi connectivity index (χ2n) is 8.11. The fourth-order valence-corrected chi connectivity index (χ4v) is 5.40. The van der Waals surface area contributed by atoms with Gasteiger partial charge in [0.2, 0.25) is 0 Å². The van der Waals surface area contributed by atoms with Crippen LogP contribution in [0.5, 0.6) is 0 Å². The standard InChI is InChI=1S/C22H24N4O3S/c1-11(2)26-22(29)14-7-5-4-6-13(14)18(25-26)20(28)24-21-17(19(23)27)15-9-8-12(3)10-16(15)30-21/h4-7,11-12H,8-10H2,1-3H3,(H2,23,27)(H,24,28). The molecule has 0 bridgehead atoms. The van der Waals surface area contributed by atoms with Crippen molar-refractivity contribution in [1.29, 1.82) is 0 Å². The van der Waals surface area contributed by atoms with Crippen LogP contribution in [0.4, 0.5) is 5.00 Å². The summed E-state index contributed by atoms with van der Waals surface area (Å²) < 4.78 is 1.31. The van der Waals surface area contributed by atoms with E-state index in [1.807, 2.05) is 13.8 Å². The van der Waals surface area contributed by atoms with E-state index >= 15 is 0 Å². The maximum atomic E-state index is 13.2. The molecule has 156 valence electrons. The minimum Gasteiger partial charge on any atom is -0.365 e. The first kappa shape index (κ1) is 20.3. The summed E-state index contributed by atoms with van der Waals surface area (Å²) in [5.74, 6) is -0.474. The van der Waals surface area contributed by atoms with E-state index in [-0.39, 0.29) is 17.3 Å². The summed E-state index contributed by atoms with van der Waals surface area (Å²) in [7, 11) is 0. The van der Waals surface area contributed by atoms with Gasteiger partial charge in [0.1, 0.15) is 5.00 Å². The molecule has 1 aliphatic carbocycles. The van der Waals surface area contributed by atoms with E-state index in [0.717, 1.165) is 29.7 Å². The highest BCUT2D eigenvalue weighted by Gasteiger charge is 2.28. The van der Waals surface area contributed by atoms with E-state index in [1.54, 1.807) is 24.3 Å². The van der Waals surface area contributed by atoms with Gasteiger partial charge >= 0.3 is 0 Å². The van der Waals surface area contributed by atoms with Crippen LogP contribution in [0.2, 0.25) is 0 Å². The first-order valence-electron chi connectivity index (χ1n) is 10.0. The van der Waals surface area contributed by atoms with E-state index < -0.39 is 11.8 Å². The van der Waals surface area contributed by atoms with Crippen molar-refractivity contribution in [3.05, 3.63) is 56.3 Å². The van der Waals surface area contributed by atoms with Gasteiger partial charge < -0.3 is 11.1 Å². The molecule has 4 rings (SSSR count). The number of thiophene rings is 1. The Balaban J connectivity index is 1.81. The molecule has 8 heteroatoms. The van der Waals surface area contributed by atoms with Crippen molar-refractivity contribution in [3.8, 4) is 0 Å². The second kappa shape index (κ2) is 7.68. The lowest BCUT2D eigenvalue weighted by atomic mass is 9.88. The van der Waals surface area contributed by atoms with Crippen molar-refractivity contribution in [3.63, 3.8) is 0 Å². The number of hydrogen-bond donors (Lipinski definition) is 2. The lowest BCUT2D eigenvalue weighted by Gasteiger charge is -2.18. The van der Waals surface area contributed by atoms with E-state index in [4.69, 9.17) is 5.73 Å². The highest BCUT2D eigenvalue weighted by molar-refractivity contribution is 7.17. The Hall–Kier alpha value is -3.00. The van der Waals surface area contributed by atoms with Gasteiger partial charge in [-0.25, -0.2) is 4.68 Å². The Morgan fingerprint density at radius 3 is 2.63 bits per heavy atom. The normalized spacial score (nSPS) is 15.9. The highest BCUT2D eigenvalue weighted by atomic mass is 32.1. The van der Waals surface area contributed by atoms with Crippen LogP contribution in [0.15, 0.2) is 29.1 Å². The number of nitrogens with zero attached hydrogens (tertiary/aromatic N) is 2. The van der Waals surface area contributed by atoms with Crippen molar-refractivity contribution in [2.75, 3.05) is 5.32 Å². The molecule has 2 amide bonds. The molecule has 1 unspecified atom stereocenters.